The number of rotatable bonds is 5. The van der Waals surface area contributed by atoms with Crippen LogP contribution in [-0.2, 0) is 13.0 Å². The van der Waals surface area contributed by atoms with Crippen molar-refractivity contribution < 1.29 is 4.79 Å². The fraction of sp³-hybridized carbons (Fsp3) is 0.320. The van der Waals surface area contributed by atoms with Crippen molar-refractivity contribution in [1.29, 1.82) is 0 Å². The first-order chi connectivity index (χ1) is 15.1. The lowest BCUT2D eigenvalue weighted by atomic mass is 10.0. The lowest BCUT2D eigenvalue weighted by Crippen LogP contribution is -2.40. The zero-order valence-corrected chi connectivity index (χ0v) is 18.4. The molecule has 0 saturated carbocycles. The number of carbonyl (C=O) groups is 1. The predicted octanol–water partition coefficient (Wildman–Crippen LogP) is 4.89. The van der Waals surface area contributed by atoms with E-state index in [0.29, 0.717) is 19.5 Å². The number of hydrogen-bond donors (Lipinski definition) is 1. The van der Waals surface area contributed by atoms with E-state index >= 15 is 0 Å². The number of amides is 2. The Labute approximate surface area is 183 Å². The van der Waals surface area contributed by atoms with Gasteiger partial charge in [0.05, 0.1) is 12.2 Å². The first-order valence-corrected chi connectivity index (χ1v) is 10.8. The summed E-state index contributed by atoms with van der Waals surface area (Å²) in [5, 5.41) is 3.05. The molecule has 0 unspecified atom stereocenters. The second-order valence-electron chi connectivity index (χ2n) is 8.00. The van der Waals surface area contributed by atoms with E-state index in [2.05, 4.69) is 24.2 Å². The molecular weight excluding hydrogens is 386 g/mol. The Bertz CT molecular complexity index is 1070. The van der Waals surface area contributed by atoms with Gasteiger partial charge in [-0.2, -0.15) is 0 Å². The number of carbonyl (C=O) groups excluding carboxylic acids is 1. The van der Waals surface area contributed by atoms with Gasteiger partial charge in [-0.3, -0.25) is 0 Å². The van der Waals surface area contributed by atoms with Crippen molar-refractivity contribution in [1.82, 2.24) is 14.9 Å². The van der Waals surface area contributed by atoms with Gasteiger partial charge in [0.25, 0.3) is 0 Å². The van der Waals surface area contributed by atoms with Gasteiger partial charge in [-0.1, -0.05) is 55.5 Å². The number of hydrogen-bond acceptors (Lipinski definition) is 4. The van der Waals surface area contributed by atoms with Crippen LogP contribution >= 0.6 is 0 Å². The fourth-order valence-corrected chi connectivity index (χ4v) is 3.95. The predicted molar refractivity (Wildman–Crippen MR) is 125 cm³/mol. The van der Waals surface area contributed by atoms with Crippen molar-refractivity contribution in [2.24, 2.45) is 0 Å². The highest BCUT2D eigenvalue weighted by molar-refractivity contribution is 5.90. The molecule has 0 fully saturated rings. The van der Waals surface area contributed by atoms with Crippen LogP contribution in [0, 0.1) is 6.92 Å². The Morgan fingerprint density at radius 3 is 2.58 bits per heavy atom. The molecule has 1 aromatic heterocycles. The summed E-state index contributed by atoms with van der Waals surface area (Å²) in [6.07, 6.45) is 1.74. The summed E-state index contributed by atoms with van der Waals surface area (Å²) in [6.45, 7) is 6.19. The van der Waals surface area contributed by atoms with E-state index < -0.39 is 0 Å². The van der Waals surface area contributed by atoms with Crippen molar-refractivity contribution in [3.05, 3.63) is 71.4 Å². The Kier molecular flexibility index (Phi) is 6.16. The van der Waals surface area contributed by atoms with Crippen LogP contribution < -0.4 is 10.2 Å². The summed E-state index contributed by atoms with van der Waals surface area (Å²) < 4.78 is 0. The van der Waals surface area contributed by atoms with Crippen molar-refractivity contribution >= 4 is 17.5 Å². The maximum Gasteiger partial charge on any atom is 0.322 e. The lowest BCUT2D eigenvalue weighted by Gasteiger charge is -2.32. The number of nitrogens with zero attached hydrogens (tertiary/aromatic N) is 4. The SMILES string of the molecule is CCCN(C)c1nc(-c2ccccc2)nc2c1CN(C(=O)Nc1ccccc1C)CC2. The number of urea groups is 1. The van der Waals surface area contributed by atoms with Crippen molar-refractivity contribution in [3.63, 3.8) is 0 Å². The monoisotopic (exact) mass is 415 g/mol. The molecule has 0 spiro atoms. The Morgan fingerprint density at radius 1 is 1.10 bits per heavy atom. The van der Waals surface area contributed by atoms with Crippen LogP contribution in [0.25, 0.3) is 11.4 Å². The summed E-state index contributed by atoms with van der Waals surface area (Å²) in [4.78, 5) is 26.8. The normalized spacial score (nSPS) is 12.9. The van der Waals surface area contributed by atoms with Gasteiger partial charge in [-0.15, -0.1) is 0 Å². The van der Waals surface area contributed by atoms with E-state index in [1.807, 2.05) is 66.4 Å². The first kappa shape index (κ1) is 20.8. The van der Waals surface area contributed by atoms with Crippen molar-refractivity contribution in [2.45, 2.75) is 33.2 Å². The zero-order valence-electron chi connectivity index (χ0n) is 18.4. The molecule has 3 aromatic rings. The van der Waals surface area contributed by atoms with Gasteiger partial charge in [0, 0.05) is 43.4 Å². The summed E-state index contributed by atoms with van der Waals surface area (Å²) in [6, 6.07) is 17.8. The van der Waals surface area contributed by atoms with Crippen LogP contribution in [0.4, 0.5) is 16.3 Å². The topological polar surface area (TPSA) is 61.4 Å². The minimum Gasteiger partial charge on any atom is -0.359 e. The average molecular weight is 416 g/mol. The molecule has 6 nitrogen and oxygen atoms in total. The van der Waals surface area contributed by atoms with Crippen LogP contribution in [0.5, 0.6) is 0 Å². The summed E-state index contributed by atoms with van der Waals surface area (Å²) in [5.41, 5.74) is 4.98. The molecule has 2 amide bonds. The van der Waals surface area contributed by atoms with Crippen LogP contribution in [-0.4, -0.2) is 41.0 Å². The number of para-hydroxylation sites is 1. The third-order valence-corrected chi connectivity index (χ3v) is 5.66. The van der Waals surface area contributed by atoms with Crippen molar-refractivity contribution in [3.8, 4) is 11.4 Å². The van der Waals surface area contributed by atoms with Crippen LogP contribution in [0.3, 0.4) is 0 Å². The lowest BCUT2D eigenvalue weighted by molar-refractivity contribution is 0.206. The molecule has 1 aliphatic heterocycles. The second kappa shape index (κ2) is 9.16. The van der Waals surface area contributed by atoms with Crippen LogP contribution in [0.15, 0.2) is 54.6 Å². The molecule has 0 atom stereocenters. The van der Waals surface area contributed by atoms with Gasteiger partial charge in [-0.05, 0) is 25.0 Å². The third kappa shape index (κ3) is 4.53. The standard InChI is InChI=1S/C25H29N5O/c1-4-15-29(3)24-20-17-30(25(31)27-21-13-9-8-10-18(21)2)16-14-22(20)26-23(28-24)19-11-6-5-7-12-19/h5-13H,4,14-17H2,1-3H3,(H,27,31). The van der Waals surface area contributed by atoms with E-state index in [4.69, 9.17) is 9.97 Å². The molecule has 31 heavy (non-hydrogen) atoms. The van der Waals surface area contributed by atoms with E-state index in [1.54, 1.807) is 0 Å². The number of aryl methyl sites for hydroxylation is 1. The quantitative estimate of drug-likeness (QED) is 0.645. The minimum atomic E-state index is -0.0869. The van der Waals surface area contributed by atoms with Crippen LogP contribution in [0.2, 0.25) is 0 Å². The molecule has 6 heteroatoms. The van der Waals surface area contributed by atoms with Gasteiger partial charge in [0.1, 0.15) is 5.82 Å². The molecule has 0 aliphatic carbocycles. The van der Waals surface area contributed by atoms with E-state index in [0.717, 1.165) is 52.7 Å². The van der Waals surface area contributed by atoms with E-state index in [-0.39, 0.29) is 6.03 Å². The summed E-state index contributed by atoms with van der Waals surface area (Å²) >= 11 is 0. The maximum atomic E-state index is 13.0. The molecule has 2 heterocycles. The molecule has 0 bridgehead atoms. The number of benzene rings is 2. The van der Waals surface area contributed by atoms with Crippen LogP contribution in [0.1, 0.15) is 30.2 Å². The van der Waals surface area contributed by atoms with Gasteiger partial charge in [0.2, 0.25) is 0 Å². The highest BCUT2D eigenvalue weighted by atomic mass is 16.2. The molecule has 0 radical (unpaired) electrons. The second-order valence-corrected chi connectivity index (χ2v) is 8.00. The molecule has 1 N–H and O–H groups in total. The number of aromatic nitrogens is 2. The number of anilines is 2. The average Bonchev–Trinajstić information content (AvgIpc) is 2.80. The molecule has 2 aromatic carbocycles. The Balaban J connectivity index is 1.64. The summed E-state index contributed by atoms with van der Waals surface area (Å²) in [5.74, 6) is 1.66. The fourth-order valence-electron chi connectivity index (χ4n) is 3.95. The van der Waals surface area contributed by atoms with Gasteiger partial charge < -0.3 is 15.1 Å². The minimum absolute atomic E-state index is 0.0869. The number of nitrogens with one attached hydrogen (secondary N) is 1. The maximum absolute atomic E-state index is 13.0. The Hall–Kier alpha value is -3.41. The van der Waals surface area contributed by atoms with E-state index in [1.165, 1.54) is 0 Å². The Morgan fingerprint density at radius 2 is 1.84 bits per heavy atom. The summed E-state index contributed by atoms with van der Waals surface area (Å²) in [7, 11) is 2.06. The van der Waals surface area contributed by atoms with Crippen molar-refractivity contribution in [2.75, 3.05) is 30.4 Å². The van der Waals surface area contributed by atoms with E-state index in [9.17, 15) is 4.79 Å². The molecule has 0 saturated heterocycles. The first-order valence-electron chi connectivity index (χ1n) is 10.8. The third-order valence-electron chi connectivity index (χ3n) is 5.66. The highest BCUT2D eigenvalue weighted by Crippen LogP contribution is 2.29. The largest absolute Gasteiger partial charge is 0.359 e. The van der Waals surface area contributed by atoms with Gasteiger partial charge in [0.15, 0.2) is 5.82 Å². The molecular formula is C25H29N5O. The zero-order chi connectivity index (χ0) is 21.8. The molecule has 4 rings (SSSR count). The smallest absolute Gasteiger partial charge is 0.322 e. The molecule has 160 valence electrons. The van der Waals surface area contributed by atoms with Gasteiger partial charge >= 0.3 is 6.03 Å². The van der Waals surface area contributed by atoms with Gasteiger partial charge in [-0.25, -0.2) is 14.8 Å². The number of fused-ring (bicyclic) bond motifs is 1. The molecule has 1 aliphatic rings. The highest BCUT2D eigenvalue weighted by Gasteiger charge is 2.27.